The molecule has 1 aliphatic heterocycles. The van der Waals surface area contributed by atoms with Gasteiger partial charge in [0.1, 0.15) is 12.2 Å². The summed E-state index contributed by atoms with van der Waals surface area (Å²) in [5, 5.41) is 19.8. The number of aliphatic hydroxyl groups is 2. The van der Waals surface area contributed by atoms with Gasteiger partial charge in [0.15, 0.2) is 11.4 Å². The predicted molar refractivity (Wildman–Crippen MR) is 140 cm³/mol. The summed E-state index contributed by atoms with van der Waals surface area (Å²) in [4.78, 5) is 25.9. The molecule has 11 heteroatoms. The van der Waals surface area contributed by atoms with Gasteiger partial charge in [-0.05, 0) is 17.2 Å². The van der Waals surface area contributed by atoms with Crippen LogP contribution in [-0.4, -0.2) is 61.7 Å². The SMILES string of the molecule is O=c1[nH]cc(-c2ccc(-c3ccc(-c4nc5nc(O[C@H]6CO[C@H](CO)[C@@H](O)C6)[nH]c5cc4Cl)cc3)cc2)o1. The molecule has 10 nitrogen and oxygen atoms in total. The summed E-state index contributed by atoms with van der Waals surface area (Å²) < 4.78 is 16.4. The van der Waals surface area contributed by atoms with Crippen molar-refractivity contribution in [1.29, 1.82) is 0 Å². The largest absolute Gasteiger partial charge is 0.459 e. The Balaban J connectivity index is 1.20. The van der Waals surface area contributed by atoms with E-state index in [2.05, 4.69) is 19.9 Å². The van der Waals surface area contributed by atoms with Gasteiger partial charge in [-0.1, -0.05) is 60.1 Å². The lowest BCUT2D eigenvalue weighted by Gasteiger charge is -2.31. The van der Waals surface area contributed by atoms with E-state index < -0.39 is 24.1 Å². The first-order valence-corrected chi connectivity index (χ1v) is 12.4. The van der Waals surface area contributed by atoms with Gasteiger partial charge in [-0.2, -0.15) is 4.98 Å². The Labute approximate surface area is 220 Å². The number of rotatable bonds is 6. The number of ether oxygens (including phenoxy) is 2. The first-order valence-electron chi connectivity index (χ1n) is 12.0. The van der Waals surface area contributed by atoms with Gasteiger partial charge in [0.25, 0.3) is 6.01 Å². The number of aromatic nitrogens is 4. The molecule has 3 aromatic heterocycles. The maximum Gasteiger partial charge on any atom is 0.416 e. The van der Waals surface area contributed by atoms with Gasteiger partial charge in [0.05, 0.1) is 41.7 Å². The van der Waals surface area contributed by atoms with E-state index in [-0.39, 0.29) is 19.2 Å². The lowest BCUT2D eigenvalue weighted by Crippen LogP contribution is -2.45. The third-order valence-electron chi connectivity index (χ3n) is 6.48. The molecule has 0 bridgehead atoms. The number of nitrogens with one attached hydrogen (secondary N) is 2. The highest BCUT2D eigenvalue weighted by Crippen LogP contribution is 2.32. The molecule has 1 saturated heterocycles. The number of aromatic amines is 2. The first kappa shape index (κ1) is 24.4. The van der Waals surface area contributed by atoms with E-state index in [1.807, 2.05) is 48.5 Å². The highest BCUT2D eigenvalue weighted by Gasteiger charge is 2.31. The molecule has 194 valence electrons. The molecule has 6 rings (SSSR count). The number of aliphatic hydroxyl groups excluding tert-OH is 2. The Kier molecular flexibility index (Phi) is 6.46. The van der Waals surface area contributed by atoms with Gasteiger partial charge in [-0.3, -0.25) is 4.98 Å². The molecule has 0 aliphatic carbocycles. The molecule has 1 aliphatic rings. The fraction of sp³-hybridized carbons (Fsp3) is 0.222. The van der Waals surface area contributed by atoms with E-state index in [9.17, 15) is 15.0 Å². The molecule has 4 N–H and O–H groups in total. The second-order valence-corrected chi connectivity index (χ2v) is 9.43. The summed E-state index contributed by atoms with van der Waals surface area (Å²) in [6.45, 7) is -0.0116. The molecule has 0 radical (unpaired) electrons. The lowest BCUT2D eigenvalue weighted by molar-refractivity contribution is -0.131. The van der Waals surface area contributed by atoms with Gasteiger partial charge in [-0.25, -0.2) is 9.78 Å². The Morgan fingerprint density at radius 2 is 1.71 bits per heavy atom. The second kappa shape index (κ2) is 10.1. The zero-order valence-electron chi connectivity index (χ0n) is 19.9. The number of pyridine rings is 1. The quantitative estimate of drug-likeness (QED) is 0.257. The van der Waals surface area contributed by atoms with Gasteiger partial charge < -0.3 is 29.1 Å². The number of hydrogen-bond donors (Lipinski definition) is 4. The Bertz CT molecular complexity index is 1630. The molecule has 2 aromatic carbocycles. The summed E-state index contributed by atoms with van der Waals surface area (Å²) in [5.41, 5.74) is 5.29. The van der Waals surface area contributed by atoms with Crippen LogP contribution in [0.5, 0.6) is 6.01 Å². The molecular weight excluding hydrogens is 512 g/mol. The van der Waals surface area contributed by atoms with Crippen LogP contribution < -0.4 is 10.5 Å². The van der Waals surface area contributed by atoms with Crippen molar-refractivity contribution >= 4 is 22.8 Å². The average Bonchev–Trinajstić information content (AvgIpc) is 3.53. The average molecular weight is 535 g/mol. The van der Waals surface area contributed by atoms with Crippen LogP contribution in [0.4, 0.5) is 0 Å². The third-order valence-corrected chi connectivity index (χ3v) is 6.77. The molecule has 0 unspecified atom stereocenters. The van der Waals surface area contributed by atoms with Gasteiger partial charge >= 0.3 is 5.76 Å². The Morgan fingerprint density at radius 3 is 2.34 bits per heavy atom. The van der Waals surface area contributed by atoms with Crippen LogP contribution in [-0.2, 0) is 4.74 Å². The van der Waals surface area contributed by atoms with E-state index >= 15 is 0 Å². The second-order valence-electron chi connectivity index (χ2n) is 9.03. The normalized spacial score (nSPS) is 19.6. The van der Waals surface area contributed by atoms with E-state index in [1.165, 1.54) is 6.20 Å². The Morgan fingerprint density at radius 1 is 1.03 bits per heavy atom. The molecular formula is C27H23ClN4O6. The zero-order chi connectivity index (χ0) is 26.2. The smallest absolute Gasteiger partial charge is 0.416 e. The van der Waals surface area contributed by atoms with Crippen molar-refractivity contribution in [3.63, 3.8) is 0 Å². The third kappa shape index (κ3) is 4.82. The van der Waals surface area contributed by atoms with E-state index in [4.69, 9.17) is 25.5 Å². The van der Waals surface area contributed by atoms with Crippen molar-refractivity contribution in [2.75, 3.05) is 13.2 Å². The monoisotopic (exact) mass is 534 g/mol. The number of oxazole rings is 1. The van der Waals surface area contributed by atoms with Gasteiger partial charge in [0.2, 0.25) is 0 Å². The van der Waals surface area contributed by atoms with Crippen LogP contribution in [0.15, 0.2) is 70.0 Å². The molecule has 0 amide bonds. The van der Waals surface area contributed by atoms with Gasteiger partial charge in [0, 0.05) is 17.5 Å². The number of benzene rings is 2. The summed E-state index contributed by atoms with van der Waals surface area (Å²) in [7, 11) is 0. The van der Waals surface area contributed by atoms with Crippen LogP contribution in [0.2, 0.25) is 5.02 Å². The van der Waals surface area contributed by atoms with Crippen molar-refractivity contribution in [2.24, 2.45) is 0 Å². The Hall–Kier alpha value is -3.96. The van der Waals surface area contributed by atoms with Crippen LogP contribution in [0.25, 0.3) is 44.9 Å². The highest BCUT2D eigenvalue weighted by atomic mass is 35.5. The van der Waals surface area contributed by atoms with E-state index in [0.717, 1.165) is 22.3 Å². The fourth-order valence-corrected chi connectivity index (χ4v) is 4.73. The number of fused-ring (bicyclic) bond motifs is 1. The minimum Gasteiger partial charge on any atom is -0.459 e. The van der Waals surface area contributed by atoms with Crippen molar-refractivity contribution < 1.29 is 24.1 Å². The van der Waals surface area contributed by atoms with Crippen molar-refractivity contribution in [2.45, 2.75) is 24.7 Å². The van der Waals surface area contributed by atoms with E-state index in [0.29, 0.717) is 34.1 Å². The van der Waals surface area contributed by atoms with Crippen molar-refractivity contribution in [3.05, 3.63) is 76.4 Å². The fourth-order valence-electron chi connectivity index (χ4n) is 4.47. The molecule has 4 heterocycles. The number of halogens is 1. The molecule has 0 saturated carbocycles. The highest BCUT2D eigenvalue weighted by molar-refractivity contribution is 6.33. The number of imidazole rings is 1. The summed E-state index contributed by atoms with van der Waals surface area (Å²) >= 11 is 6.56. The standard InChI is InChI=1S/C27H23ClN4O6/c28-19-10-20-25(32-26(30-20)37-18-9-21(34)23(12-33)36-13-18)31-24(19)17-7-3-15(4-8-17)14-1-5-16(6-2-14)22-11-29-27(35)38-22/h1-8,10-11,18,21,23,33-34H,9,12-13H2,(H,29,35)(H,30,31,32)/t18-,21+,23-/m1/s1. The first-order chi connectivity index (χ1) is 18.5. The summed E-state index contributed by atoms with van der Waals surface area (Å²) in [6, 6.07) is 17.6. The minimum absolute atomic E-state index is 0.233. The maximum absolute atomic E-state index is 11.2. The summed E-state index contributed by atoms with van der Waals surface area (Å²) in [6.07, 6.45) is 0.0273. The van der Waals surface area contributed by atoms with Crippen LogP contribution in [0.3, 0.4) is 0 Å². The molecule has 1 fully saturated rings. The lowest BCUT2D eigenvalue weighted by atomic mass is 10.0. The van der Waals surface area contributed by atoms with Crippen molar-refractivity contribution in [1.82, 2.24) is 19.9 Å². The summed E-state index contributed by atoms with van der Waals surface area (Å²) in [5.74, 6) is -0.000706. The van der Waals surface area contributed by atoms with Crippen molar-refractivity contribution in [3.8, 4) is 39.7 Å². The van der Waals surface area contributed by atoms with Crippen LogP contribution in [0.1, 0.15) is 6.42 Å². The van der Waals surface area contributed by atoms with Crippen LogP contribution in [0, 0.1) is 0 Å². The van der Waals surface area contributed by atoms with Crippen LogP contribution >= 0.6 is 11.6 Å². The number of nitrogens with zero attached hydrogens (tertiary/aromatic N) is 2. The number of hydrogen-bond acceptors (Lipinski definition) is 8. The predicted octanol–water partition coefficient (Wildman–Crippen LogP) is 3.78. The topological polar surface area (TPSA) is 146 Å². The molecule has 5 aromatic rings. The number of H-pyrrole nitrogens is 2. The molecule has 0 spiro atoms. The van der Waals surface area contributed by atoms with Gasteiger partial charge in [-0.15, -0.1) is 0 Å². The molecule has 38 heavy (non-hydrogen) atoms. The minimum atomic E-state index is -0.815. The zero-order valence-corrected chi connectivity index (χ0v) is 20.7. The van der Waals surface area contributed by atoms with E-state index in [1.54, 1.807) is 6.07 Å². The molecule has 3 atom stereocenters. The maximum atomic E-state index is 11.2.